The topological polar surface area (TPSA) is 86.6 Å². The highest BCUT2D eigenvalue weighted by Gasteiger charge is 2.64. The third kappa shape index (κ3) is 8.71. The Kier molecular flexibility index (Phi) is 12.9. The van der Waals surface area contributed by atoms with Crippen molar-refractivity contribution >= 4 is 11.3 Å². The Labute approximate surface area is 331 Å². The quantitative estimate of drug-likeness (QED) is 0.102. The molecule has 2 heterocycles. The smallest absolute Gasteiger partial charge is 0.225 e. The number of hydrogen-bond donors (Lipinski definition) is 2. The van der Waals surface area contributed by atoms with Crippen molar-refractivity contribution in [3.63, 3.8) is 0 Å². The highest BCUT2D eigenvalue weighted by molar-refractivity contribution is 7.15. The molecule has 9 heteroatoms. The van der Waals surface area contributed by atoms with E-state index in [4.69, 9.17) is 23.7 Å². The summed E-state index contributed by atoms with van der Waals surface area (Å²) in [6.07, 6.45) is -2.24. The number of rotatable bonds is 16. The molecule has 6 aromatic rings. The average molecular weight is 775 g/mol. The van der Waals surface area contributed by atoms with E-state index in [9.17, 15) is 14.6 Å². The van der Waals surface area contributed by atoms with Gasteiger partial charge in [-0.25, -0.2) is 4.39 Å². The summed E-state index contributed by atoms with van der Waals surface area (Å²) in [4.78, 5) is 2.17. The Morgan fingerprint density at radius 1 is 0.661 bits per heavy atom. The maximum Gasteiger partial charge on any atom is 0.225 e. The van der Waals surface area contributed by atoms with Gasteiger partial charge < -0.3 is 33.9 Å². The maximum absolute atomic E-state index is 13.7. The number of hydrogen-bond acceptors (Lipinski definition) is 8. The van der Waals surface area contributed by atoms with Crippen molar-refractivity contribution in [1.82, 2.24) is 0 Å². The van der Waals surface area contributed by atoms with Gasteiger partial charge in [-0.2, -0.15) is 0 Å². The summed E-state index contributed by atoms with van der Waals surface area (Å²) in [6.45, 7) is 1.44. The molecule has 56 heavy (non-hydrogen) atoms. The number of aliphatic hydroxyl groups is 2. The number of aryl methyl sites for hydroxylation is 1. The standard InChI is InChI=1S/C47H47FO7S/c1-33-18-21-39(26-38(33)27-41-24-25-42(56-41)37-19-22-40(48)23-20-37)47(51-2)45(54-30-36-16-10-5-11-17-36)43(52-28-34-12-6-3-7-13-34)44(46(31-49,32-50)55-47)53-29-35-14-8-4-9-15-35/h3-26,43-45,49-50H,27-32H2,1-2H3/t43?,44-,45+,47-/m0/s1. The first kappa shape index (κ1) is 39.7. The summed E-state index contributed by atoms with van der Waals surface area (Å²) in [6, 6.07) is 46.0. The second-order valence-electron chi connectivity index (χ2n) is 14.1. The molecule has 0 saturated carbocycles. The van der Waals surface area contributed by atoms with Crippen molar-refractivity contribution in [2.45, 2.75) is 62.9 Å². The van der Waals surface area contributed by atoms with Gasteiger partial charge in [0.05, 0.1) is 33.0 Å². The van der Waals surface area contributed by atoms with Gasteiger partial charge in [0.25, 0.3) is 0 Å². The first-order chi connectivity index (χ1) is 27.4. The van der Waals surface area contributed by atoms with Crippen LogP contribution in [0.5, 0.6) is 0 Å². The highest BCUT2D eigenvalue weighted by atomic mass is 32.1. The van der Waals surface area contributed by atoms with Crippen LogP contribution in [0.4, 0.5) is 4.39 Å². The predicted octanol–water partition coefficient (Wildman–Crippen LogP) is 8.76. The maximum atomic E-state index is 13.7. The summed E-state index contributed by atoms with van der Waals surface area (Å²) in [5.74, 6) is -1.94. The van der Waals surface area contributed by atoms with E-state index in [0.717, 1.165) is 43.1 Å². The van der Waals surface area contributed by atoms with Crippen LogP contribution in [0.3, 0.4) is 0 Å². The fraction of sp³-hybridized carbons (Fsp3) is 0.277. The Morgan fingerprint density at radius 3 is 1.77 bits per heavy atom. The van der Waals surface area contributed by atoms with Gasteiger partial charge in [-0.1, -0.05) is 115 Å². The molecule has 4 atom stereocenters. The van der Waals surface area contributed by atoms with Gasteiger partial charge >= 0.3 is 0 Å². The Hall–Kier alpha value is -4.55. The number of methoxy groups -OCH3 is 1. The van der Waals surface area contributed by atoms with Crippen LogP contribution in [0.1, 0.15) is 38.3 Å². The number of ether oxygens (including phenoxy) is 5. The largest absolute Gasteiger partial charge is 0.393 e. The van der Waals surface area contributed by atoms with Crippen molar-refractivity contribution in [1.29, 1.82) is 0 Å². The van der Waals surface area contributed by atoms with E-state index in [-0.39, 0.29) is 25.6 Å². The SMILES string of the molecule is CO[C@@]1(c2ccc(C)c(Cc3ccc(-c4ccc(F)cc4)s3)c2)OC(CO)(CO)[C@@H](OCc2ccccc2)C(OCc2ccccc2)[C@H]1OCc1ccccc1. The van der Waals surface area contributed by atoms with E-state index in [1.807, 2.05) is 109 Å². The number of thiophene rings is 1. The summed E-state index contributed by atoms with van der Waals surface area (Å²) in [7, 11) is 1.55. The monoisotopic (exact) mass is 774 g/mol. The third-order valence-corrected chi connectivity index (χ3v) is 11.6. The molecule has 1 fully saturated rings. The molecular weight excluding hydrogens is 728 g/mol. The highest BCUT2D eigenvalue weighted by Crippen LogP contribution is 2.48. The molecular formula is C47H47FO7S. The minimum Gasteiger partial charge on any atom is -0.393 e. The molecule has 7 nitrogen and oxygen atoms in total. The molecule has 0 amide bonds. The summed E-state index contributed by atoms with van der Waals surface area (Å²) >= 11 is 1.65. The molecule has 0 aliphatic carbocycles. The number of benzene rings is 5. The van der Waals surface area contributed by atoms with Crippen LogP contribution in [0.25, 0.3) is 10.4 Å². The lowest BCUT2D eigenvalue weighted by molar-refractivity contribution is -0.417. The van der Waals surface area contributed by atoms with Gasteiger partial charge in [0.2, 0.25) is 5.79 Å². The fourth-order valence-electron chi connectivity index (χ4n) is 7.31. The van der Waals surface area contributed by atoms with Crippen molar-refractivity contribution in [2.24, 2.45) is 0 Å². The molecule has 0 radical (unpaired) electrons. The predicted molar refractivity (Wildman–Crippen MR) is 215 cm³/mol. The Bertz CT molecular complexity index is 2120. The van der Waals surface area contributed by atoms with E-state index >= 15 is 0 Å². The summed E-state index contributed by atoms with van der Waals surface area (Å²) in [5, 5.41) is 22.5. The Balaban J connectivity index is 1.31. The van der Waals surface area contributed by atoms with Crippen LogP contribution >= 0.6 is 11.3 Å². The van der Waals surface area contributed by atoms with Crippen molar-refractivity contribution in [3.8, 4) is 10.4 Å². The third-order valence-electron chi connectivity index (χ3n) is 10.4. The molecule has 1 unspecified atom stereocenters. The van der Waals surface area contributed by atoms with Crippen molar-refractivity contribution < 1.29 is 38.3 Å². The minimum atomic E-state index is -1.68. The first-order valence-electron chi connectivity index (χ1n) is 18.7. The lowest BCUT2D eigenvalue weighted by Crippen LogP contribution is -2.72. The molecule has 5 aromatic carbocycles. The molecule has 1 saturated heterocycles. The zero-order chi connectivity index (χ0) is 39.0. The molecule has 2 N–H and O–H groups in total. The van der Waals surface area contributed by atoms with E-state index in [1.165, 1.54) is 12.1 Å². The van der Waals surface area contributed by atoms with E-state index in [1.54, 1.807) is 30.6 Å². The van der Waals surface area contributed by atoms with Crippen molar-refractivity contribution in [3.05, 3.63) is 190 Å². The second-order valence-corrected chi connectivity index (χ2v) is 15.3. The van der Waals surface area contributed by atoms with Crippen LogP contribution in [0.15, 0.2) is 146 Å². The van der Waals surface area contributed by atoms with Gasteiger partial charge in [0, 0.05) is 28.8 Å². The number of aliphatic hydroxyl groups excluding tert-OH is 2. The number of halogens is 1. The van der Waals surface area contributed by atoms with Gasteiger partial charge in [-0.15, -0.1) is 11.3 Å². The van der Waals surface area contributed by atoms with Crippen LogP contribution < -0.4 is 0 Å². The van der Waals surface area contributed by atoms with E-state index in [0.29, 0.717) is 12.0 Å². The minimum absolute atomic E-state index is 0.169. The van der Waals surface area contributed by atoms with Crippen LogP contribution in [-0.4, -0.2) is 54.4 Å². The van der Waals surface area contributed by atoms with Crippen molar-refractivity contribution in [2.75, 3.05) is 20.3 Å². The van der Waals surface area contributed by atoms with Gasteiger partial charge in [-0.05, 0) is 70.6 Å². The Morgan fingerprint density at radius 2 is 1.21 bits per heavy atom. The van der Waals surface area contributed by atoms with Crippen LogP contribution in [0.2, 0.25) is 0 Å². The molecule has 1 aromatic heterocycles. The van der Waals surface area contributed by atoms with Gasteiger partial charge in [0.15, 0.2) is 0 Å². The van der Waals surface area contributed by atoms with E-state index in [2.05, 4.69) is 19.1 Å². The lowest BCUT2D eigenvalue weighted by atomic mass is 9.80. The molecule has 7 rings (SSSR count). The normalized spacial score (nSPS) is 20.6. The first-order valence-corrected chi connectivity index (χ1v) is 19.6. The lowest BCUT2D eigenvalue weighted by Gasteiger charge is -2.56. The molecule has 0 spiro atoms. The van der Waals surface area contributed by atoms with Crippen LogP contribution in [0, 0.1) is 12.7 Å². The van der Waals surface area contributed by atoms with Gasteiger partial charge in [-0.3, -0.25) is 0 Å². The zero-order valence-electron chi connectivity index (χ0n) is 31.6. The van der Waals surface area contributed by atoms with Crippen LogP contribution in [-0.2, 0) is 55.7 Å². The second kappa shape index (κ2) is 18.1. The van der Waals surface area contributed by atoms with Gasteiger partial charge in [0.1, 0.15) is 29.7 Å². The molecule has 1 aliphatic heterocycles. The van der Waals surface area contributed by atoms with E-state index < -0.39 is 42.9 Å². The molecule has 0 bridgehead atoms. The summed E-state index contributed by atoms with van der Waals surface area (Å²) in [5.41, 5.74) is 4.76. The average Bonchev–Trinajstić information content (AvgIpc) is 3.72. The fourth-order valence-corrected chi connectivity index (χ4v) is 8.34. The zero-order valence-corrected chi connectivity index (χ0v) is 32.4. The summed E-state index contributed by atoms with van der Waals surface area (Å²) < 4.78 is 47.6. The molecule has 290 valence electrons. The molecule has 1 aliphatic rings.